The molecule has 5 heteroatoms. The topological polar surface area (TPSA) is 51.2 Å². The average molecular weight is 366 g/mol. The average Bonchev–Trinajstić information content (AvgIpc) is 2.58. The predicted molar refractivity (Wildman–Crippen MR) is 104 cm³/mol. The van der Waals surface area contributed by atoms with Crippen molar-refractivity contribution in [1.29, 1.82) is 0 Å². The van der Waals surface area contributed by atoms with Gasteiger partial charge in [0.05, 0.1) is 39.6 Å². The van der Waals surface area contributed by atoms with Crippen molar-refractivity contribution in [2.75, 3.05) is 52.7 Å². The summed E-state index contributed by atoms with van der Waals surface area (Å²) in [5.41, 5.74) is 3.31. The molecule has 1 aliphatic rings. The number of hydrogen-bond acceptors (Lipinski definition) is 5. The van der Waals surface area contributed by atoms with Crippen molar-refractivity contribution in [3.8, 4) is 5.75 Å². The van der Waals surface area contributed by atoms with Crippen LogP contribution in [0.4, 0.5) is 0 Å². The van der Waals surface area contributed by atoms with Crippen LogP contribution in [0, 0.1) is 0 Å². The van der Waals surface area contributed by atoms with E-state index in [9.17, 15) is 5.11 Å². The van der Waals surface area contributed by atoms with Crippen LogP contribution in [-0.4, -0.2) is 62.7 Å². The van der Waals surface area contributed by atoms with Crippen molar-refractivity contribution in [3.63, 3.8) is 0 Å². The van der Waals surface area contributed by atoms with Crippen LogP contribution in [-0.2, 0) is 20.8 Å². The summed E-state index contributed by atoms with van der Waals surface area (Å²) in [6.07, 6.45) is 0. The molecule has 0 atom stereocenters. The zero-order valence-corrected chi connectivity index (χ0v) is 16.8. The first-order chi connectivity index (χ1) is 12.5. The summed E-state index contributed by atoms with van der Waals surface area (Å²) in [6, 6.07) is 4.30. The molecule has 1 saturated heterocycles. The smallest absolute Gasteiger partial charge is 0.122 e. The van der Waals surface area contributed by atoms with E-state index in [-0.39, 0.29) is 0 Å². The molecule has 0 amide bonds. The number of benzene rings is 1. The van der Waals surface area contributed by atoms with Gasteiger partial charge in [-0.25, -0.2) is 0 Å². The van der Waals surface area contributed by atoms with Gasteiger partial charge in [-0.3, -0.25) is 4.90 Å². The fourth-order valence-electron chi connectivity index (χ4n) is 3.17. The zero-order chi connectivity index (χ0) is 18.9. The highest BCUT2D eigenvalue weighted by Crippen LogP contribution is 2.35. The maximum Gasteiger partial charge on any atom is 0.122 e. The highest BCUT2D eigenvalue weighted by atomic mass is 16.5. The fourth-order valence-corrected chi connectivity index (χ4v) is 3.17. The Labute approximate surface area is 158 Å². The molecule has 0 bridgehead atoms. The third kappa shape index (κ3) is 6.54. The quantitative estimate of drug-likeness (QED) is 0.885. The second kappa shape index (κ2) is 10.9. The summed E-state index contributed by atoms with van der Waals surface area (Å²) in [7, 11) is 0. The SMILES string of the molecule is CC(C)c1cc(CN2CCOCCOCCOCC2)cc(C(C)C)c1O. The molecule has 1 N–H and O–H groups in total. The molecular formula is C21H35NO4. The standard InChI is InChI=1S/C21H35NO4/c1-16(2)19-13-18(14-20(17(3)4)21(19)23)15-22-5-7-24-9-11-26-12-10-25-8-6-22/h13-14,16-17,23H,5-12,15H2,1-4H3. The molecule has 1 aromatic rings. The Balaban J connectivity index is 2.12. The van der Waals surface area contributed by atoms with E-state index in [1.807, 2.05) is 0 Å². The highest BCUT2D eigenvalue weighted by molar-refractivity contribution is 5.46. The maximum atomic E-state index is 10.6. The van der Waals surface area contributed by atoms with Gasteiger partial charge in [0.25, 0.3) is 0 Å². The summed E-state index contributed by atoms with van der Waals surface area (Å²) in [5.74, 6) is 1.05. The molecule has 2 rings (SSSR count). The van der Waals surface area contributed by atoms with Crippen molar-refractivity contribution >= 4 is 0 Å². The van der Waals surface area contributed by atoms with Crippen molar-refractivity contribution in [3.05, 3.63) is 28.8 Å². The molecule has 0 radical (unpaired) electrons. The van der Waals surface area contributed by atoms with Crippen LogP contribution in [0.2, 0.25) is 0 Å². The summed E-state index contributed by atoms with van der Waals surface area (Å²) < 4.78 is 16.8. The summed E-state index contributed by atoms with van der Waals surface area (Å²) in [4.78, 5) is 2.36. The minimum atomic E-state index is 0.297. The Kier molecular flexibility index (Phi) is 8.85. The summed E-state index contributed by atoms with van der Waals surface area (Å²) in [5, 5.41) is 10.6. The van der Waals surface area contributed by atoms with E-state index in [1.165, 1.54) is 5.56 Å². The Morgan fingerprint density at radius 1 is 0.808 bits per heavy atom. The minimum Gasteiger partial charge on any atom is -0.507 e. The predicted octanol–water partition coefficient (Wildman–Crippen LogP) is 3.50. The fraction of sp³-hybridized carbons (Fsp3) is 0.714. The minimum absolute atomic E-state index is 0.297. The number of phenols is 1. The number of rotatable bonds is 4. The normalized spacial score (nSPS) is 18.7. The third-order valence-corrected chi connectivity index (χ3v) is 4.73. The first-order valence-corrected chi connectivity index (χ1v) is 9.80. The van der Waals surface area contributed by atoms with Gasteiger partial charge in [0.2, 0.25) is 0 Å². The van der Waals surface area contributed by atoms with Crippen LogP contribution in [0.15, 0.2) is 12.1 Å². The second-order valence-electron chi connectivity index (χ2n) is 7.55. The molecular weight excluding hydrogens is 330 g/mol. The number of hydrogen-bond donors (Lipinski definition) is 1. The van der Waals surface area contributed by atoms with Gasteiger partial charge in [-0.2, -0.15) is 0 Å². The first-order valence-electron chi connectivity index (χ1n) is 9.80. The summed E-state index contributed by atoms with van der Waals surface area (Å²) >= 11 is 0. The van der Waals surface area contributed by atoms with Gasteiger partial charge in [-0.15, -0.1) is 0 Å². The van der Waals surface area contributed by atoms with Crippen molar-refractivity contribution in [1.82, 2.24) is 4.90 Å². The molecule has 148 valence electrons. The molecule has 0 aromatic heterocycles. The van der Waals surface area contributed by atoms with Crippen LogP contribution >= 0.6 is 0 Å². The first kappa shape index (κ1) is 21.2. The van der Waals surface area contributed by atoms with Gasteiger partial charge in [0, 0.05) is 19.6 Å². The lowest BCUT2D eigenvalue weighted by Gasteiger charge is -2.25. The number of phenolic OH excluding ortho intramolecular Hbond substituents is 1. The number of nitrogens with zero attached hydrogens (tertiary/aromatic N) is 1. The molecule has 1 aromatic carbocycles. The van der Waals surface area contributed by atoms with Crippen molar-refractivity contribution < 1.29 is 19.3 Å². The lowest BCUT2D eigenvalue weighted by atomic mass is 9.91. The van der Waals surface area contributed by atoms with E-state index >= 15 is 0 Å². The van der Waals surface area contributed by atoms with Gasteiger partial charge in [-0.05, 0) is 28.5 Å². The maximum absolute atomic E-state index is 10.6. The Hall–Kier alpha value is -1.14. The number of aromatic hydroxyl groups is 1. The van der Waals surface area contributed by atoms with Crippen LogP contribution < -0.4 is 0 Å². The largest absolute Gasteiger partial charge is 0.507 e. The van der Waals surface area contributed by atoms with Gasteiger partial charge in [0.1, 0.15) is 5.75 Å². The van der Waals surface area contributed by atoms with Gasteiger partial charge in [0.15, 0.2) is 0 Å². The Morgan fingerprint density at radius 2 is 1.23 bits per heavy atom. The molecule has 5 nitrogen and oxygen atoms in total. The molecule has 0 spiro atoms. The molecule has 1 heterocycles. The molecule has 0 unspecified atom stereocenters. The monoisotopic (exact) mass is 365 g/mol. The third-order valence-electron chi connectivity index (χ3n) is 4.73. The van der Waals surface area contributed by atoms with E-state index in [0.29, 0.717) is 57.2 Å². The summed E-state index contributed by atoms with van der Waals surface area (Å²) in [6.45, 7) is 14.9. The highest BCUT2D eigenvalue weighted by Gasteiger charge is 2.16. The van der Waals surface area contributed by atoms with Crippen LogP contribution in [0.25, 0.3) is 0 Å². The lowest BCUT2D eigenvalue weighted by molar-refractivity contribution is -0.00689. The number of ether oxygens (including phenoxy) is 3. The van der Waals surface area contributed by atoms with Gasteiger partial charge < -0.3 is 19.3 Å². The van der Waals surface area contributed by atoms with E-state index in [2.05, 4.69) is 44.7 Å². The lowest BCUT2D eigenvalue weighted by Crippen LogP contribution is -2.32. The van der Waals surface area contributed by atoms with Crippen molar-refractivity contribution in [2.24, 2.45) is 0 Å². The molecule has 0 aliphatic carbocycles. The zero-order valence-electron chi connectivity index (χ0n) is 16.8. The van der Waals surface area contributed by atoms with E-state index in [1.54, 1.807) is 0 Å². The van der Waals surface area contributed by atoms with E-state index in [0.717, 1.165) is 30.8 Å². The molecule has 1 fully saturated rings. The molecule has 0 saturated carbocycles. The Morgan fingerprint density at radius 3 is 1.65 bits per heavy atom. The molecule has 26 heavy (non-hydrogen) atoms. The van der Waals surface area contributed by atoms with Gasteiger partial charge in [-0.1, -0.05) is 39.8 Å². The van der Waals surface area contributed by atoms with Gasteiger partial charge >= 0.3 is 0 Å². The van der Waals surface area contributed by atoms with Crippen LogP contribution in [0.5, 0.6) is 5.75 Å². The van der Waals surface area contributed by atoms with E-state index in [4.69, 9.17) is 14.2 Å². The van der Waals surface area contributed by atoms with E-state index < -0.39 is 0 Å². The molecule has 1 aliphatic heterocycles. The van der Waals surface area contributed by atoms with Crippen molar-refractivity contribution in [2.45, 2.75) is 46.1 Å². The van der Waals surface area contributed by atoms with Crippen LogP contribution in [0.1, 0.15) is 56.2 Å². The van der Waals surface area contributed by atoms with Crippen LogP contribution in [0.3, 0.4) is 0 Å². The Bertz CT molecular complexity index is 504. The second-order valence-corrected chi connectivity index (χ2v) is 7.55.